The van der Waals surface area contributed by atoms with Crippen LogP contribution in [0.4, 0.5) is 10.1 Å². The number of anilines is 1. The normalized spacial score (nSPS) is 16.1. The number of thiophene rings is 1. The molecule has 1 aromatic heterocycles. The van der Waals surface area contributed by atoms with Gasteiger partial charge in [0.05, 0.1) is 10.6 Å². The maximum Gasteiger partial charge on any atom is 0.348 e. The largest absolute Gasteiger partial charge is 0.477 e. The van der Waals surface area contributed by atoms with Gasteiger partial charge >= 0.3 is 5.97 Å². The first-order valence-electron chi connectivity index (χ1n) is 11.1. The molecule has 2 aromatic rings. The molecule has 1 unspecified atom stereocenters. The first-order chi connectivity index (χ1) is 16.0. The van der Waals surface area contributed by atoms with E-state index >= 15 is 0 Å². The standard InChI is InChI=1S/C25H29Cl2FN2O3S/c1-25(2,3)9-6-18-15-21(22(34-18)24(32)33)30(17-7-11-29(12-8-17)13-10-28)23(31)19-5-4-16(26)14-20(19)27/h4-5,14-15,17,23,31H,7-8,10-13H2,1-3H3,(H,32,33). The molecule has 2 heterocycles. The number of aliphatic hydroxyl groups is 1. The van der Waals surface area contributed by atoms with Crippen molar-refractivity contribution >= 4 is 46.2 Å². The number of likely N-dealkylation sites (tertiary alicyclic amines) is 1. The summed E-state index contributed by atoms with van der Waals surface area (Å²) in [6, 6.07) is 6.39. The lowest BCUT2D eigenvalue weighted by Crippen LogP contribution is -2.47. The van der Waals surface area contributed by atoms with Crippen LogP contribution in [0.15, 0.2) is 24.3 Å². The van der Waals surface area contributed by atoms with E-state index in [0.29, 0.717) is 58.6 Å². The number of alkyl halides is 1. The predicted octanol–water partition coefficient (Wildman–Crippen LogP) is 6.08. The molecule has 34 heavy (non-hydrogen) atoms. The lowest BCUT2D eigenvalue weighted by Gasteiger charge is -2.42. The highest BCUT2D eigenvalue weighted by Crippen LogP contribution is 2.40. The molecule has 1 aromatic carbocycles. The van der Waals surface area contributed by atoms with E-state index in [9.17, 15) is 19.4 Å². The fourth-order valence-electron chi connectivity index (χ4n) is 3.97. The van der Waals surface area contributed by atoms with E-state index in [1.165, 1.54) is 0 Å². The molecule has 1 saturated heterocycles. The van der Waals surface area contributed by atoms with Crippen LogP contribution < -0.4 is 4.90 Å². The molecule has 0 amide bonds. The Morgan fingerprint density at radius 1 is 1.29 bits per heavy atom. The number of hydrogen-bond donors (Lipinski definition) is 2. The van der Waals surface area contributed by atoms with Crippen LogP contribution in [0.5, 0.6) is 0 Å². The quantitative estimate of drug-likeness (QED) is 0.338. The van der Waals surface area contributed by atoms with Gasteiger partial charge in [0.15, 0.2) is 6.23 Å². The third-order valence-electron chi connectivity index (χ3n) is 5.60. The van der Waals surface area contributed by atoms with Crippen molar-refractivity contribution in [2.45, 2.75) is 45.9 Å². The second-order valence-corrected chi connectivity index (χ2v) is 11.2. The minimum atomic E-state index is -1.20. The Balaban J connectivity index is 2.07. The zero-order valence-electron chi connectivity index (χ0n) is 19.4. The van der Waals surface area contributed by atoms with Gasteiger partial charge in [-0.3, -0.25) is 0 Å². The van der Waals surface area contributed by atoms with Gasteiger partial charge < -0.3 is 20.0 Å². The summed E-state index contributed by atoms with van der Waals surface area (Å²) < 4.78 is 12.8. The Morgan fingerprint density at radius 3 is 2.53 bits per heavy atom. The fourth-order valence-corrected chi connectivity index (χ4v) is 5.32. The maximum atomic E-state index is 12.8. The average Bonchev–Trinajstić information content (AvgIpc) is 3.17. The monoisotopic (exact) mass is 526 g/mol. The van der Waals surface area contributed by atoms with Crippen molar-refractivity contribution in [1.82, 2.24) is 4.90 Å². The van der Waals surface area contributed by atoms with Gasteiger partial charge in [-0.05, 0) is 51.8 Å². The molecule has 1 aliphatic heterocycles. The van der Waals surface area contributed by atoms with Crippen LogP contribution in [-0.2, 0) is 0 Å². The zero-order valence-corrected chi connectivity index (χ0v) is 21.8. The van der Waals surface area contributed by atoms with Crippen molar-refractivity contribution in [2.75, 3.05) is 31.2 Å². The maximum absolute atomic E-state index is 12.8. The van der Waals surface area contributed by atoms with Gasteiger partial charge in [0, 0.05) is 46.7 Å². The molecule has 0 spiro atoms. The van der Waals surface area contributed by atoms with Crippen molar-refractivity contribution in [3.8, 4) is 11.8 Å². The van der Waals surface area contributed by atoms with Gasteiger partial charge in [0.25, 0.3) is 0 Å². The van der Waals surface area contributed by atoms with Crippen LogP contribution >= 0.6 is 34.5 Å². The van der Waals surface area contributed by atoms with Crippen molar-refractivity contribution < 1.29 is 19.4 Å². The highest BCUT2D eigenvalue weighted by molar-refractivity contribution is 7.15. The second kappa shape index (κ2) is 11.3. The summed E-state index contributed by atoms with van der Waals surface area (Å²) >= 11 is 13.5. The molecular formula is C25H29Cl2FN2O3S. The average molecular weight is 527 g/mol. The molecule has 0 saturated carbocycles. The first kappa shape index (κ1) is 26.8. The molecule has 0 radical (unpaired) electrons. The van der Waals surface area contributed by atoms with Crippen LogP contribution in [0, 0.1) is 17.3 Å². The third-order valence-corrected chi connectivity index (χ3v) is 7.19. The van der Waals surface area contributed by atoms with Gasteiger partial charge in [0.2, 0.25) is 0 Å². The third kappa shape index (κ3) is 6.65. The lowest BCUT2D eigenvalue weighted by molar-refractivity contribution is 0.0701. The number of nitrogens with zero attached hydrogens (tertiary/aromatic N) is 2. The number of halogens is 3. The van der Waals surface area contributed by atoms with Gasteiger partial charge in [-0.25, -0.2) is 9.18 Å². The SMILES string of the molecule is CC(C)(C)C#Cc1cc(N(C2CCN(CCF)CC2)C(O)c2ccc(Cl)cc2Cl)c(C(=O)O)s1. The summed E-state index contributed by atoms with van der Waals surface area (Å²) in [5.41, 5.74) is 0.590. The second-order valence-electron chi connectivity index (χ2n) is 9.34. The van der Waals surface area contributed by atoms with Crippen molar-refractivity contribution in [3.05, 3.63) is 49.6 Å². The van der Waals surface area contributed by atoms with Crippen LogP contribution in [0.25, 0.3) is 0 Å². The van der Waals surface area contributed by atoms with E-state index in [1.807, 2.05) is 25.7 Å². The van der Waals surface area contributed by atoms with Crippen molar-refractivity contribution in [1.29, 1.82) is 0 Å². The minimum Gasteiger partial charge on any atom is -0.477 e. The number of benzene rings is 1. The number of carbonyl (C=O) groups is 1. The highest BCUT2D eigenvalue weighted by atomic mass is 35.5. The predicted molar refractivity (Wildman–Crippen MR) is 137 cm³/mol. The van der Waals surface area contributed by atoms with Gasteiger partial charge in [0.1, 0.15) is 11.6 Å². The van der Waals surface area contributed by atoms with Crippen LogP contribution in [0.1, 0.15) is 60.0 Å². The molecule has 9 heteroatoms. The molecule has 2 N–H and O–H groups in total. The number of carboxylic acid groups (broad SMARTS) is 1. The lowest BCUT2D eigenvalue weighted by atomic mass is 9.98. The smallest absolute Gasteiger partial charge is 0.348 e. The Bertz CT molecular complexity index is 1080. The summed E-state index contributed by atoms with van der Waals surface area (Å²) in [5.74, 6) is 5.14. The first-order valence-corrected chi connectivity index (χ1v) is 12.7. The molecule has 0 bridgehead atoms. The van der Waals surface area contributed by atoms with E-state index in [1.54, 1.807) is 29.2 Å². The Hall–Kier alpha value is -1.82. The number of piperidine rings is 1. The van der Waals surface area contributed by atoms with Crippen molar-refractivity contribution in [2.24, 2.45) is 5.41 Å². The topological polar surface area (TPSA) is 64.0 Å². The molecular weight excluding hydrogens is 498 g/mol. The fraction of sp³-hybridized carbons (Fsp3) is 0.480. The Morgan fingerprint density at radius 2 is 1.97 bits per heavy atom. The molecule has 5 nitrogen and oxygen atoms in total. The summed E-state index contributed by atoms with van der Waals surface area (Å²) in [4.78, 5) is 16.7. The number of rotatable bonds is 7. The molecule has 0 aliphatic carbocycles. The molecule has 1 aliphatic rings. The zero-order chi connectivity index (χ0) is 25.0. The summed E-state index contributed by atoms with van der Waals surface area (Å²) in [6.07, 6.45) is 0.0824. The number of hydrogen-bond acceptors (Lipinski definition) is 5. The summed E-state index contributed by atoms with van der Waals surface area (Å²) in [6.45, 7) is 7.19. The van der Waals surface area contributed by atoms with E-state index < -0.39 is 18.9 Å². The number of aromatic carboxylic acids is 1. The highest BCUT2D eigenvalue weighted by Gasteiger charge is 2.34. The van der Waals surface area contributed by atoms with E-state index in [4.69, 9.17) is 23.2 Å². The van der Waals surface area contributed by atoms with Gasteiger partial charge in [-0.1, -0.05) is 41.1 Å². The molecule has 1 atom stereocenters. The van der Waals surface area contributed by atoms with Crippen LogP contribution in [-0.4, -0.2) is 53.4 Å². The van der Waals surface area contributed by atoms with Gasteiger partial charge in [-0.15, -0.1) is 11.3 Å². The number of aliphatic hydroxyl groups excluding tert-OH is 1. The number of carboxylic acids is 1. The van der Waals surface area contributed by atoms with Crippen LogP contribution in [0.3, 0.4) is 0 Å². The molecule has 1 fully saturated rings. The summed E-state index contributed by atoms with van der Waals surface area (Å²) in [7, 11) is 0. The van der Waals surface area contributed by atoms with E-state index in [0.717, 1.165) is 11.3 Å². The molecule has 184 valence electrons. The Labute approximate surface area is 214 Å². The van der Waals surface area contributed by atoms with Crippen molar-refractivity contribution in [3.63, 3.8) is 0 Å². The minimum absolute atomic E-state index is 0.105. The molecule has 3 rings (SSSR count). The van der Waals surface area contributed by atoms with Gasteiger partial charge in [-0.2, -0.15) is 0 Å². The van der Waals surface area contributed by atoms with Crippen LogP contribution in [0.2, 0.25) is 10.0 Å². The summed E-state index contributed by atoms with van der Waals surface area (Å²) in [5, 5.41) is 22.2. The van der Waals surface area contributed by atoms with E-state index in [-0.39, 0.29) is 16.3 Å². The Kier molecular flexibility index (Phi) is 8.88. The van der Waals surface area contributed by atoms with E-state index in [2.05, 4.69) is 11.8 Å².